The average Bonchev–Trinajstić information content (AvgIpc) is 3.47. The second kappa shape index (κ2) is 12.2. The van der Waals surface area contributed by atoms with Gasteiger partial charge in [0.2, 0.25) is 0 Å². The minimum atomic E-state index is -0.838. The van der Waals surface area contributed by atoms with Crippen LogP contribution in [0.2, 0.25) is 0 Å². The predicted molar refractivity (Wildman–Crippen MR) is 179 cm³/mol. The molecule has 45 heavy (non-hydrogen) atoms. The Bertz CT molecular complexity index is 1320. The van der Waals surface area contributed by atoms with Gasteiger partial charge in [0.25, 0.3) is 0 Å². The summed E-state index contributed by atoms with van der Waals surface area (Å²) in [5.41, 5.74) is 3.07. The van der Waals surface area contributed by atoms with E-state index in [9.17, 15) is 5.11 Å². The maximum absolute atomic E-state index is 12.2. The first-order valence-corrected chi connectivity index (χ1v) is 17.9. The summed E-state index contributed by atoms with van der Waals surface area (Å²) in [6.07, 6.45) is 10.4. The van der Waals surface area contributed by atoms with Crippen molar-refractivity contribution in [1.29, 1.82) is 0 Å². The van der Waals surface area contributed by atoms with E-state index in [1.165, 1.54) is 30.4 Å². The number of hydrogen-bond acceptors (Lipinski definition) is 4. The van der Waals surface area contributed by atoms with Crippen molar-refractivity contribution in [2.24, 2.45) is 40.4 Å². The zero-order valence-electron chi connectivity index (χ0n) is 28.1. The Labute approximate surface area is 271 Å². The zero-order chi connectivity index (χ0) is 31.4. The fraction of sp³-hybridized carbons (Fsp3) is 0.659. The van der Waals surface area contributed by atoms with Crippen molar-refractivity contribution >= 4 is 0 Å². The number of allylic oxidation sites excluding steroid dienone is 1. The third-order valence-electron chi connectivity index (χ3n) is 13.6. The van der Waals surface area contributed by atoms with E-state index in [0.717, 1.165) is 44.1 Å². The summed E-state index contributed by atoms with van der Waals surface area (Å²) in [5.74, 6) is 2.49. The first kappa shape index (κ1) is 31.6. The molecule has 0 aromatic heterocycles. The van der Waals surface area contributed by atoms with Crippen molar-refractivity contribution < 1.29 is 19.3 Å². The van der Waals surface area contributed by atoms with Gasteiger partial charge in [-0.05, 0) is 117 Å². The Balaban J connectivity index is 1.14. The summed E-state index contributed by atoms with van der Waals surface area (Å²) in [7, 11) is 0. The normalized spacial score (nSPS) is 43.6. The molecule has 1 heterocycles. The van der Waals surface area contributed by atoms with Crippen LogP contribution in [0.5, 0.6) is 0 Å². The smallest absolute Gasteiger partial charge is 0.0938 e. The van der Waals surface area contributed by atoms with E-state index in [1.807, 2.05) is 0 Å². The molecular weight excluding hydrogens is 556 g/mol. The Kier molecular flexibility index (Phi) is 8.59. The van der Waals surface area contributed by atoms with Gasteiger partial charge in [0, 0.05) is 5.92 Å². The molecule has 12 atom stereocenters. The van der Waals surface area contributed by atoms with E-state index in [-0.39, 0.29) is 35.1 Å². The molecule has 2 aromatic rings. The monoisotopic (exact) mass is 612 g/mol. The number of ether oxygens (including phenoxy) is 3. The molecule has 2 aromatic carbocycles. The van der Waals surface area contributed by atoms with Crippen LogP contribution in [0.15, 0.2) is 72.8 Å². The van der Waals surface area contributed by atoms with Gasteiger partial charge in [-0.15, -0.1) is 6.58 Å². The molecule has 0 bridgehead atoms. The largest absolute Gasteiger partial charge is 0.387 e. The molecule has 1 saturated heterocycles. The van der Waals surface area contributed by atoms with E-state index in [4.69, 9.17) is 14.2 Å². The van der Waals surface area contributed by atoms with Crippen LogP contribution in [-0.4, -0.2) is 35.1 Å². The molecule has 0 amide bonds. The molecule has 4 heteroatoms. The number of rotatable bonds is 9. The maximum Gasteiger partial charge on any atom is 0.0938 e. The van der Waals surface area contributed by atoms with Crippen LogP contribution in [0.1, 0.15) is 96.6 Å². The van der Waals surface area contributed by atoms with Crippen LogP contribution in [0.3, 0.4) is 0 Å². The SMILES string of the molecule is C=C(C)CC[C@@H]1O[C@H]2C[C@H]3[C@@H]4CC[C@H]5C[C@H](OCc6ccccc6)CC[C@]5(C)[C@H]4[C@@H](OCc4ccccc4)C[C@]3(C)[C@H]2[C@@]1(C)O. The first-order valence-electron chi connectivity index (χ1n) is 17.9. The van der Waals surface area contributed by atoms with Gasteiger partial charge >= 0.3 is 0 Å². The van der Waals surface area contributed by atoms with Crippen LogP contribution in [-0.2, 0) is 27.4 Å². The van der Waals surface area contributed by atoms with Crippen LogP contribution < -0.4 is 0 Å². The van der Waals surface area contributed by atoms with Crippen LogP contribution in [0.25, 0.3) is 0 Å². The number of aliphatic hydroxyl groups is 1. The lowest BCUT2D eigenvalue weighted by Gasteiger charge is -2.63. The van der Waals surface area contributed by atoms with Gasteiger partial charge in [0.1, 0.15) is 0 Å². The van der Waals surface area contributed by atoms with Gasteiger partial charge in [-0.25, -0.2) is 0 Å². The fourth-order valence-electron chi connectivity index (χ4n) is 11.6. The van der Waals surface area contributed by atoms with Gasteiger partial charge in [0.15, 0.2) is 0 Å². The number of hydrogen-bond donors (Lipinski definition) is 1. The van der Waals surface area contributed by atoms with Gasteiger partial charge in [-0.1, -0.05) is 80.1 Å². The first-order chi connectivity index (χ1) is 21.6. The Morgan fingerprint density at radius 2 is 1.56 bits per heavy atom. The van der Waals surface area contributed by atoms with Crippen LogP contribution in [0.4, 0.5) is 0 Å². The highest BCUT2D eigenvalue weighted by molar-refractivity contribution is 5.21. The highest BCUT2D eigenvalue weighted by Crippen LogP contribution is 2.71. The minimum absolute atomic E-state index is 0.00610. The summed E-state index contributed by atoms with van der Waals surface area (Å²) < 4.78 is 20.5. The van der Waals surface area contributed by atoms with Crippen LogP contribution >= 0.6 is 0 Å². The molecule has 244 valence electrons. The van der Waals surface area contributed by atoms with Crippen molar-refractivity contribution in [1.82, 2.24) is 0 Å². The van der Waals surface area contributed by atoms with Crippen molar-refractivity contribution in [2.45, 2.75) is 129 Å². The molecule has 5 fully saturated rings. The summed E-state index contributed by atoms with van der Waals surface area (Å²) in [6.45, 7) is 14.8. The summed E-state index contributed by atoms with van der Waals surface area (Å²) in [5, 5.41) is 12.2. The molecule has 0 unspecified atom stereocenters. The highest BCUT2D eigenvalue weighted by Gasteiger charge is 2.71. The van der Waals surface area contributed by atoms with Gasteiger partial charge < -0.3 is 19.3 Å². The molecular formula is C41H56O4. The molecule has 0 spiro atoms. The zero-order valence-corrected chi connectivity index (χ0v) is 28.1. The van der Waals surface area contributed by atoms with E-state index in [0.29, 0.717) is 43.0 Å². The standard InChI is InChI=1S/C41H56O4/c1-27(2)16-19-36-41(5,42)38-34(45-36)23-33-32-18-17-30-22-31(43-25-28-12-8-6-9-13-28)20-21-39(30,3)37(32)35(24-40(33,38)4)44-26-29-14-10-7-11-15-29/h6-15,30-38,42H,1,16-26H2,2-5H3/t30-,31+,32-,33-,34-,35-,36-,37+,38-,39-,40-,41-/m0/s1. The van der Waals surface area contributed by atoms with E-state index in [2.05, 4.69) is 94.9 Å². The second-order valence-corrected chi connectivity index (χ2v) is 16.4. The second-order valence-electron chi connectivity index (χ2n) is 16.4. The third kappa shape index (κ3) is 5.66. The summed E-state index contributed by atoms with van der Waals surface area (Å²) in [4.78, 5) is 0. The quantitative estimate of drug-likeness (QED) is 0.287. The van der Waals surface area contributed by atoms with E-state index in [1.54, 1.807) is 0 Å². The Morgan fingerprint density at radius 3 is 2.22 bits per heavy atom. The topological polar surface area (TPSA) is 47.9 Å². The lowest BCUT2D eigenvalue weighted by Crippen LogP contribution is -2.61. The van der Waals surface area contributed by atoms with Crippen LogP contribution in [0, 0.1) is 40.4 Å². The fourth-order valence-corrected chi connectivity index (χ4v) is 11.6. The Hall–Kier alpha value is -1.98. The van der Waals surface area contributed by atoms with Crippen molar-refractivity contribution in [3.63, 3.8) is 0 Å². The third-order valence-corrected chi connectivity index (χ3v) is 13.6. The average molecular weight is 613 g/mol. The van der Waals surface area contributed by atoms with Gasteiger partial charge in [-0.3, -0.25) is 0 Å². The molecule has 4 aliphatic carbocycles. The molecule has 4 saturated carbocycles. The molecule has 7 rings (SSSR count). The molecule has 0 radical (unpaired) electrons. The van der Waals surface area contributed by atoms with Gasteiger partial charge in [0.05, 0.1) is 43.2 Å². The van der Waals surface area contributed by atoms with Gasteiger partial charge in [-0.2, -0.15) is 0 Å². The lowest BCUT2D eigenvalue weighted by atomic mass is 9.43. The summed E-state index contributed by atoms with van der Waals surface area (Å²) in [6, 6.07) is 21.3. The lowest BCUT2D eigenvalue weighted by molar-refractivity contribution is -0.208. The van der Waals surface area contributed by atoms with Crippen molar-refractivity contribution in [3.05, 3.63) is 83.9 Å². The van der Waals surface area contributed by atoms with E-state index < -0.39 is 5.60 Å². The van der Waals surface area contributed by atoms with E-state index >= 15 is 0 Å². The molecule has 1 N–H and O–H groups in total. The molecule has 5 aliphatic rings. The maximum atomic E-state index is 12.2. The molecule has 4 nitrogen and oxygen atoms in total. The Morgan fingerprint density at radius 1 is 0.889 bits per heavy atom. The number of fused-ring (bicyclic) bond motifs is 7. The minimum Gasteiger partial charge on any atom is -0.387 e. The van der Waals surface area contributed by atoms with Crippen molar-refractivity contribution in [3.8, 4) is 0 Å². The van der Waals surface area contributed by atoms with Crippen molar-refractivity contribution in [2.75, 3.05) is 0 Å². The highest BCUT2D eigenvalue weighted by atomic mass is 16.5. The number of benzene rings is 2. The summed E-state index contributed by atoms with van der Waals surface area (Å²) >= 11 is 0. The predicted octanol–water partition coefficient (Wildman–Crippen LogP) is 8.91. The molecule has 1 aliphatic heterocycles.